The topological polar surface area (TPSA) is 87.0 Å². The summed E-state index contributed by atoms with van der Waals surface area (Å²) < 4.78 is 5.51. The number of ether oxygens (including phenoxy) is 1. The first-order valence-electron chi connectivity index (χ1n) is 9.20. The molecule has 0 radical (unpaired) electrons. The number of benzene rings is 1. The second-order valence-corrected chi connectivity index (χ2v) is 7.92. The molecule has 1 spiro atoms. The zero-order valence-electron chi connectivity index (χ0n) is 14.8. The van der Waals surface area contributed by atoms with Crippen molar-refractivity contribution in [3.05, 3.63) is 29.3 Å². The summed E-state index contributed by atoms with van der Waals surface area (Å²) in [4.78, 5) is 10.8. The molecule has 1 aromatic rings. The molecule has 1 unspecified atom stereocenters. The van der Waals surface area contributed by atoms with Crippen molar-refractivity contribution in [1.82, 2.24) is 0 Å². The van der Waals surface area contributed by atoms with Crippen LogP contribution in [0.5, 0.6) is 5.75 Å². The van der Waals surface area contributed by atoms with Crippen molar-refractivity contribution in [2.24, 2.45) is 11.3 Å². The Labute approximate surface area is 148 Å². The standard InChI is InChI=1S/C20H28O5/c1-13(21)5-6-15-9-20(11-17(15)22)8-7-14-3-2-4-18(16(14)10-20)25-12-19(23)24/h2-4,13,15,17,21-22H,5-12H2,1H3,(H,23,24)/t13-,15+,17+,20?/m0/s1. The highest BCUT2D eigenvalue weighted by Crippen LogP contribution is 2.52. The number of carbonyl (C=O) groups is 1. The van der Waals surface area contributed by atoms with Gasteiger partial charge in [-0.15, -0.1) is 0 Å². The van der Waals surface area contributed by atoms with E-state index in [0.29, 0.717) is 5.75 Å². The van der Waals surface area contributed by atoms with Crippen molar-refractivity contribution in [1.29, 1.82) is 0 Å². The van der Waals surface area contributed by atoms with Crippen LogP contribution in [0.15, 0.2) is 18.2 Å². The highest BCUT2D eigenvalue weighted by Gasteiger charge is 2.46. The van der Waals surface area contributed by atoms with Crippen molar-refractivity contribution < 1.29 is 24.9 Å². The number of hydrogen-bond acceptors (Lipinski definition) is 4. The monoisotopic (exact) mass is 348 g/mol. The number of aryl methyl sites for hydroxylation is 1. The van der Waals surface area contributed by atoms with Gasteiger partial charge in [-0.1, -0.05) is 12.1 Å². The van der Waals surface area contributed by atoms with Crippen molar-refractivity contribution in [2.75, 3.05) is 6.61 Å². The minimum atomic E-state index is -0.974. The fourth-order valence-electron chi connectivity index (χ4n) is 4.67. The number of rotatable bonds is 6. The lowest BCUT2D eigenvalue weighted by Gasteiger charge is -2.36. The fraction of sp³-hybridized carbons (Fsp3) is 0.650. The summed E-state index contributed by atoms with van der Waals surface area (Å²) in [7, 11) is 0. The molecule has 138 valence electrons. The van der Waals surface area contributed by atoms with E-state index in [1.807, 2.05) is 12.1 Å². The van der Waals surface area contributed by atoms with Crippen LogP contribution in [0.2, 0.25) is 0 Å². The number of carboxylic acid groups (broad SMARTS) is 1. The Morgan fingerprint density at radius 2 is 2.20 bits per heavy atom. The number of aliphatic hydroxyl groups excluding tert-OH is 2. The van der Waals surface area contributed by atoms with E-state index >= 15 is 0 Å². The van der Waals surface area contributed by atoms with Gasteiger partial charge in [0.15, 0.2) is 6.61 Å². The van der Waals surface area contributed by atoms with E-state index in [0.717, 1.165) is 50.5 Å². The van der Waals surface area contributed by atoms with Gasteiger partial charge in [0, 0.05) is 0 Å². The molecule has 0 bridgehead atoms. The van der Waals surface area contributed by atoms with Gasteiger partial charge in [0.1, 0.15) is 5.75 Å². The van der Waals surface area contributed by atoms with E-state index in [4.69, 9.17) is 9.84 Å². The lowest BCUT2D eigenvalue weighted by atomic mass is 9.69. The summed E-state index contributed by atoms with van der Waals surface area (Å²) in [6.07, 6.45) is 5.50. The van der Waals surface area contributed by atoms with Crippen LogP contribution in [0, 0.1) is 11.3 Å². The van der Waals surface area contributed by atoms with Gasteiger partial charge in [0.25, 0.3) is 0 Å². The van der Waals surface area contributed by atoms with Crippen molar-refractivity contribution in [3.63, 3.8) is 0 Å². The highest BCUT2D eigenvalue weighted by atomic mass is 16.5. The first kappa shape index (κ1) is 18.2. The first-order valence-corrected chi connectivity index (χ1v) is 9.20. The number of aliphatic carboxylic acids is 1. The third kappa shape index (κ3) is 4.15. The van der Waals surface area contributed by atoms with Gasteiger partial charge in [0.05, 0.1) is 12.2 Å². The molecule has 1 aromatic carbocycles. The molecular formula is C20H28O5. The van der Waals surface area contributed by atoms with Crippen molar-refractivity contribution in [3.8, 4) is 5.75 Å². The Bertz CT molecular complexity index is 627. The van der Waals surface area contributed by atoms with Crippen LogP contribution in [-0.4, -0.2) is 40.1 Å². The molecule has 5 heteroatoms. The number of hydrogen-bond donors (Lipinski definition) is 3. The second-order valence-electron chi connectivity index (χ2n) is 7.92. The molecule has 3 N–H and O–H groups in total. The molecule has 1 fully saturated rings. The zero-order chi connectivity index (χ0) is 18.0. The van der Waals surface area contributed by atoms with E-state index in [9.17, 15) is 15.0 Å². The quantitative estimate of drug-likeness (QED) is 0.735. The van der Waals surface area contributed by atoms with Gasteiger partial charge in [-0.2, -0.15) is 0 Å². The molecule has 0 amide bonds. The lowest BCUT2D eigenvalue weighted by molar-refractivity contribution is -0.139. The molecular weight excluding hydrogens is 320 g/mol. The van der Waals surface area contributed by atoms with Gasteiger partial charge in [-0.3, -0.25) is 0 Å². The lowest BCUT2D eigenvalue weighted by Crippen LogP contribution is -2.27. The van der Waals surface area contributed by atoms with E-state index in [1.54, 1.807) is 6.92 Å². The molecule has 4 atom stereocenters. The molecule has 0 aromatic heterocycles. The van der Waals surface area contributed by atoms with Crippen molar-refractivity contribution in [2.45, 2.75) is 64.1 Å². The molecule has 1 saturated carbocycles. The van der Waals surface area contributed by atoms with Crippen LogP contribution in [0.3, 0.4) is 0 Å². The molecule has 25 heavy (non-hydrogen) atoms. The van der Waals surface area contributed by atoms with E-state index < -0.39 is 5.97 Å². The second kappa shape index (κ2) is 7.34. The predicted molar refractivity (Wildman–Crippen MR) is 93.7 cm³/mol. The average Bonchev–Trinajstić information content (AvgIpc) is 2.86. The van der Waals surface area contributed by atoms with Crippen LogP contribution < -0.4 is 4.74 Å². The van der Waals surface area contributed by atoms with Crippen LogP contribution >= 0.6 is 0 Å². The number of carboxylic acids is 1. The maximum Gasteiger partial charge on any atom is 0.341 e. The Morgan fingerprint density at radius 3 is 2.92 bits per heavy atom. The molecule has 0 aliphatic heterocycles. The van der Waals surface area contributed by atoms with Crippen LogP contribution in [-0.2, 0) is 17.6 Å². The van der Waals surface area contributed by atoms with Gasteiger partial charge in [0.2, 0.25) is 0 Å². The molecule has 3 rings (SSSR count). The van der Waals surface area contributed by atoms with Gasteiger partial charge in [-0.25, -0.2) is 4.79 Å². The maximum atomic E-state index is 10.8. The summed E-state index contributed by atoms with van der Waals surface area (Å²) in [6.45, 7) is 1.46. The fourth-order valence-corrected chi connectivity index (χ4v) is 4.67. The Morgan fingerprint density at radius 1 is 1.40 bits per heavy atom. The zero-order valence-corrected chi connectivity index (χ0v) is 14.8. The minimum absolute atomic E-state index is 0.0679. The maximum absolute atomic E-state index is 10.8. The highest BCUT2D eigenvalue weighted by molar-refractivity contribution is 5.68. The smallest absolute Gasteiger partial charge is 0.341 e. The van der Waals surface area contributed by atoms with Gasteiger partial charge < -0.3 is 20.1 Å². The third-order valence-corrected chi connectivity index (χ3v) is 5.89. The number of aliphatic hydroxyl groups is 2. The summed E-state index contributed by atoms with van der Waals surface area (Å²) in [5.41, 5.74) is 2.41. The van der Waals surface area contributed by atoms with E-state index in [2.05, 4.69) is 6.07 Å². The number of fused-ring (bicyclic) bond motifs is 1. The minimum Gasteiger partial charge on any atom is -0.482 e. The van der Waals surface area contributed by atoms with Gasteiger partial charge in [-0.05, 0) is 80.4 Å². The molecule has 0 saturated heterocycles. The summed E-state index contributed by atoms with van der Waals surface area (Å²) in [5.74, 6) is -0.0678. The first-order chi connectivity index (χ1) is 11.9. The largest absolute Gasteiger partial charge is 0.482 e. The van der Waals surface area contributed by atoms with Crippen LogP contribution in [0.25, 0.3) is 0 Å². The van der Waals surface area contributed by atoms with E-state index in [-0.39, 0.29) is 30.1 Å². The SMILES string of the molecule is C[C@H](O)CC[C@@H]1CC2(CCc3cccc(OCC(=O)O)c3C2)C[C@H]1O. The molecule has 2 aliphatic rings. The van der Waals surface area contributed by atoms with Gasteiger partial charge >= 0.3 is 5.97 Å². The molecule has 5 nitrogen and oxygen atoms in total. The van der Waals surface area contributed by atoms with Crippen LogP contribution in [0.1, 0.15) is 50.2 Å². The Hall–Kier alpha value is -1.59. The Kier molecular flexibility index (Phi) is 5.35. The normalized spacial score (nSPS) is 29.4. The summed E-state index contributed by atoms with van der Waals surface area (Å²) in [6, 6.07) is 5.85. The van der Waals surface area contributed by atoms with E-state index in [1.165, 1.54) is 5.56 Å². The predicted octanol–water partition coefficient (Wildman–Crippen LogP) is 2.56. The molecule has 2 aliphatic carbocycles. The molecule has 0 heterocycles. The third-order valence-electron chi connectivity index (χ3n) is 5.89. The van der Waals surface area contributed by atoms with Crippen LogP contribution in [0.4, 0.5) is 0 Å². The summed E-state index contributed by atoms with van der Waals surface area (Å²) >= 11 is 0. The van der Waals surface area contributed by atoms with Crippen molar-refractivity contribution >= 4 is 5.97 Å². The Balaban J connectivity index is 1.75. The average molecular weight is 348 g/mol. The summed E-state index contributed by atoms with van der Waals surface area (Å²) in [5, 5.41) is 28.9.